The highest BCUT2D eigenvalue weighted by Gasteiger charge is 2.36. The number of rotatable bonds is 3. The zero-order chi connectivity index (χ0) is 15.6. The Morgan fingerprint density at radius 2 is 1.90 bits per heavy atom. The van der Waals surface area contributed by atoms with Gasteiger partial charge in [0.2, 0.25) is 0 Å². The molecule has 1 heterocycles. The molecule has 0 aliphatic carbocycles. The average Bonchev–Trinajstić information content (AvgIpc) is 2.45. The maximum atomic E-state index is 13.2. The first-order valence-electron chi connectivity index (χ1n) is 6.22. The maximum Gasteiger partial charge on any atom is 0.416 e. The molecule has 0 saturated carbocycles. The molecule has 0 fully saturated rings. The third kappa shape index (κ3) is 3.77. The first-order chi connectivity index (χ1) is 9.80. The predicted octanol–water partition coefficient (Wildman–Crippen LogP) is 5.95. The second-order valence-electron chi connectivity index (χ2n) is 4.67. The van der Waals surface area contributed by atoms with Crippen LogP contribution in [-0.4, -0.2) is 4.98 Å². The number of pyridine rings is 1. The summed E-state index contributed by atoms with van der Waals surface area (Å²) < 4.78 is 39.8. The number of halogens is 5. The molecule has 2 unspecified atom stereocenters. The molecule has 0 N–H and O–H groups in total. The lowest BCUT2D eigenvalue weighted by Gasteiger charge is -2.22. The van der Waals surface area contributed by atoms with Gasteiger partial charge in [-0.2, -0.15) is 13.2 Å². The number of benzene rings is 1. The van der Waals surface area contributed by atoms with Crippen molar-refractivity contribution in [3.05, 3.63) is 63.9 Å². The Morgan fingerprint density at radius 3 is 2.48 bits per heavy atom. The zero-order valence-electron chi connectivity index (χ0n) is 11.0. The quantitative estimate of drug-likeness (QED) is 0.602. The van der Waals surface area contributed by atoms with Crippen molar-refractivity contribution in [1.29, 1.82) is 0 Å². The van der Waals surface area contributed by atoms with Gasteiger partial charge in [0.05, 0.1) is 10.9 Å². The van der Waals surface area contributed by atoms with E-state index >= 15 is 0 Å². The lowest BCUT2D eigenvalue weighted by atomic mass is 9.93. The summed E-state index contributed by atoms with van der Waals surface area (Å²) in [7, 11) is 0. The summed E-state index contributed by atoms with van der Waals surface area (Å²) in [5.74, 6) is -0.338. The van der Waals surface area contributed by atoms with E-state index in [9.17, 15) is 13.2 Å². The molecule has 1 aromatic heterocycles. The van der Waals surface area contributed by atoms with Crippen molar-refractivity contribution in [1.82, 2.24) is 4.98 Å². The molecule has 0 radical (unpaired) electrons. The Balaban J connectivity index is 2.42. The van der Waals surface area contributed by atoms with Crippen LogP contribution in [-0.2, 0) is 6.18 Å². The van der Waals surface area contributed by atoms with Gasteiger partial charge in [-0.25, -0.2) is 0 Å². The molecular formula is C15H12BrClF3N. The minimum Gasteiger partial charge on any atom is -0.261 e. The van der Waals surface area contributed by atoms with Gasteiger partial charge < -0.3 is 0 Å². The molecule has 0 spiro atoms. The van der Waals surface area contributed by atoms with Crippen LogP contribution in [0.1, 0.15) is 35.0 Å². The van der Waals surface area contributed by atoms with E-state index in [1.165, 1.54) is 6.07 Å². The van der Waals surface area contributed by atoms with Crippen LogP contribution in [0, 0.1) is 0 Å². The van der Waals surface area contributed by atoms with Crippen LogP contribution in [0.15, 0.2) is 47.1 Å². The minimum absolute atomic E-state index is 0.0607. The van der Waals surface area contributed by atoms with E-state index in [2.05, 4.69) is 20.9 Å². The fourth-order valence-electron chi connectivity index (χ4n) is 2.08. The van der Waals surface area contributed by atoms with Gasteiger partial charge in [0.15, 0.2) is 0 Å². The molecule has 0 saturated heterocycles. The summed E-state index contributed by atoms with van der Waals surface area (Å²) in [5, 5.41) is -0.815. The number of nitrogens with zero attached hydrogens (tertiary/aromatic N) is 1. The number of hydrogen-bond donors (Lipinski definition) is 0. The van der Waals surface area contributed by atoms with Crippen LogP contribution in [0.2, 0.25) is 0 Å². The van der Waals surface area contributed by atoms with E-state index in [1.807, 2.05) is 0 Å². The highest BCUT2D eigenvalue weighted by atomic mass is 79.9. The summed E-state index contributed by atoms with van der Waals surface area (Å²) in [4.78, 5) is 4.16. The van der Waals surface area contributed by atoms with Crippen molar-refractivity contribution in [3.63, 3.8) is 0 Å². The Labute approximate surface area is 134 Å². The zero-order valence-corrected chi connectivity index (χ0v) is 13.4. The summed E-state index contributed by atoms with van der Waals surface area (Å²) in [6.45, 7) is 1.77. The molecule has 21 heavy (non-hydrogen) atoms. The SMILES string of the molecule is CC(c1ccccn1)C(Cl)c1ccc(Br)cc1C(F)(F)F. The van der Waals surface area contributed by atoms with Crippen molar-refractivity contribution >= 4 is 27.5 Å². The van der Waals surface area contributed by atoms with Crippen molar-refractivity contribution < 1.29 is 13.2 Å². The van der Waals surface area contributed by atoms with E-state index < -0.39 is 17.1 Å². The molecule has 2 rings (SSSR count). The molecule has 2 aromatic rings. The van der Waals surface area contributed by atoms with Gasteiger partial charge in [0, 0.05) is 22.3 Å². The van der Waals surface area contributed by atoms with Gasteiger partial charge in [0.25, 0.3) is 0 Å². The highest BCUT2D eigenvalue weighted by molar-refractivity contribution is 9.10. The van der Waals surface area contributed by atoms with Crippen LogP contribution in [0.5, 0.6) is 0 Å². The third-order valence-corrected chi connectivity index (χ3v) is 4.32. The van der Waals surface area contributed by atoms with Crippen molar-refractivity contribution in [2.24, 2.45) is 0 Å². The van der Waals surface area contributed by atoms with E-state index in [-0.39, 0.29) is 11.5 Å². The Kier molecular flexibility index (Phi) is 4.94. The molecule has 0 bridgehead atoms. The Morgan fingerprint density at radius 1 is 1.19 bits per heavy atom. The van der Waals surface area contributed by atoms with Crippen LogP contribution >= 0.6 is 27.5 Å². The Hall–Kier alpha value is -1.07. The van der Waals surface area contributed by atoms with E-state index in [4.69, 9.17) is 11.6 Å². The van der Waals surface area contributed by atoms with E-state index in [1.54, 1.807) is 37.4 Å². The van der Waals surface area contributed by atoms with Crippen molar-refractivity contribution in [3.8, 4) is 0 Å². The van der Waals surface area contributed by atoms with Crippen LogP contribution in [0.3, 0.4) is 0 Å². The van der Waals surface area contributed by atoms with Crippen LogP contribution in [0.25, 0.3) is 0 Å². The summed E-state index contributed by atoms with van der Waals surface area (Å²) in [6.07, 6.45) is -2.85. The van der Waals surface area contributed by atoms with Crippen molar-refractivity contribution in [2.75, 3.05) is 0 Å². The number of hydrogen-bond acceptors (Lipinski definition) is 1. The van der Waals surface area contributed by atoms with Crippen LogP contribution in [0.4, 0.5) is 13.2 Å². The van der Waals surface area contributed by atoms with Gasteiger partial charge in [-0.3, -0.25) is 4.98 Å². The lowest BCUT2D eigenvalue weighted by Crippen LogP contribution is -2.13. The summed E-state index contributed by atoms with van der Waals surface area (Å²) in [5.41, 5.74) is -0.00119. The van der Waals surface area contributed by atoms with Crippen LogP contribution < -0.4 is 0 Å². The summed E-state index contributed by atoms with van der Waals surface area (Å²) >= 11 is 9.36. The third-order valence-electron chi connectivity index (χ3n) is 3.21. The smallest absolute Gasteiger partial charge is 0.261 e. The van der Waals surface area contributed by atoms with Gasteiger partial charge >= 0.3 is 6.18 Å². The maximum absolute atomic E-state index is 13.2. The van der Waals surface area contributed by atoms with E-state index in [0.29, 0.717) is 10.2 Å². The van der Waals surface area contributed by atoms with Gasteiger partial charge in [0.1, 0.15) is 0 Å². The highest BCUT2D eigenvalue weighted by Crippen LogP contribution is 2.43. The molecule has 2 atom stereocenters. The lowest BCUT2D eigenvalue weighted by molar-refractivity contribution is -0.138. The number of alkyl halides is 4. The normalized spacial score (nSPS) is 14.8. The number of aromatic nitrogens is 1. The monoisotopic (exact) mass is 377 g/mol. The second-order valence-corrected chi connectivity index (χ2v) is 6.06. The molecule has 0 aliphatic heterocycles. The average molecular weight is 379 g/mol. The molecular weight excluding hydrogens is 367 g/mol. The molecule has 0 aliphatic rings. The first-order valence-corrected chi connectivity index (χ1v) is 7.45. The molecule has 112 valence electrons. The Bertz CT molecular complexity index is 616. The molecule has 0 amide bonds. The largest absolute Gasteiger partial charge is 0.416 e. The standard InChI is InChI=1S/C15H12BrClF3N/c1-9(13-4-2-3-7-21-13)14(17)11-6-5-10(16)8-12(11)15(18,19)20/h2-9,14H,1H3. The molecule has 1 nitrogen and oxygen atoms in total. The second kappa shape index (κ2) is 6.36. The fourth-order valence-corrected chi connectivity index (χ4v) is 2.76. The fraction of sp³-hybridized carbons (Fsp3) is 0.267. The first kappa shape index (κ1) is 16.3. The topological polar surface area (TPSA) is 12.9 Å². The van der Waals surface area contributed by atoms with E-state index in [0.717, 1.165) is 6.07 Å². The van der Waals surface area contributed by atoms with Gasteiger partial charge in [-0.05, 0) is 29.8 Å². The molecule has 6 heteroatoms. The molecule has 1 aromatic carbocycles. The van der Waals surface area contributed by atoms with Gasteiger partial charge in [-0.15, -0.1) is 11.6 Å². The summed E-state index contributed by atoms with van der Waals surface area (Å²) in [6, 6.07) is 9.31. The minimum atomic E-state index is -4.45. The predicted molar refractivity (Wildman–Crippen MR) is 80.4 cm³/mol. The van der Waals surface area contributed by atoms with Gasteiger partial charge in [-0.1, -0.05) is 35.0 Å². The van der Waals surface area contributed by atoms with Crippen molar-refractivity contribution in [2.45, 2.75) is 24.4 Å².